The van der Waals surface area contributed by atoms with E-state index < -0.39 is 0 Å². The number of hydrogen-bond acceptors (Lipinski definition) is 3. The molecular formula is C22H18Br2N2O. The largest absolute Gasteiger partial charge is 0.508 e. The second kappa shape index (κ2) is 7.97. The van der Waals surface area contributed by atoms with Gasteiger partial charge in [0, 0.05) is 32.7 Å². The molecule has 0 spiro atoms. The number of nitrogens with zero attached hydrogens (tertiary/aromatic N) is 1. The Balaban J connectivity index is 1.75. The molecule has 0 fully saturated rings. The Morgan fingerprint density at radius 1 is 0.852 bits per heavy atom. The third-order valence-electron chi connectivity index (χ3n) is 4.72. The number of benzene rings is 3. The standard InChI is InChI=1S/C22H18Br2N2O/c23-16-9-5-14(6-10-16)19-13-20(18-3-1-2-4-21(18)27)26-22(25-19)15-7-11-17(24)12-8-15/h1-12,20,22,26-27H,13H2/t20-,22+/m1/s1. The summed E-state index contributed by atoms with van der Waals surface area (Å²) >= 11 is 6.98. The molecule has 0 aromatic heterocycles. The van der Waals surface area contributed by atoms with Gasteiger partial charge in [-0.1, -0.05) is 74.3 Å². The number of hydrogen-bond donors (Lipinski definition) is 2. The van der Waals surface area contributed by atoms with Crippen molar-refractivity contribution in [2.24, 2.45) is 4.99 Å². The zero-order chi connectivity index (χ0) is 18.8. The fourth-order valence-corrected chi connectivity index (χ4v) is 3.85. The lowest BCUT2D eigenvalue weighted by Gasteiger charge is -2.31. The van der Waals surface area contributed by atoms with E-state index in [1.807, 2.05) is 42.5 Å². The molecule has 0 bridgehead atoms. The van der Waals surface area contributed by atoms with Crippen LogP contribution in [-0.4, -0.2) is 10.8 Å². The first kappa shape index (κ1) is 18.4. The Bertz CT molecular complexity index is 968. The Morgan fingerprint density at radius 3 is 2.15 bits per heavy atom. The van der Waals surface area contributed by atoms with Crippen molar-refractivity contribution in [3.05, 3.63) is 98.4 Å². The van der Waals surface area contributed by atoms with Crippen LogP contribution in [0.25, 0.3) is 0 Å². The minimum atomic E-state index is -0.171. The van der Waals surface area contributed by atoms with Gasteiger partial charge in [-0.3, -0.25) is 10.3 Å². The quantitative estimate of drug-likeness (QED) is 0.468. The summed E-state index contributed by atoms with van der Waals surface area (Å²) in [6, 6.07) is 23.9. The van der Waals surface area contributed by atoms with Crippen molar-refractivity contribution in [3.63, 3.8) is 0 Å². The van der Waals surface area contributed by atoms with Gasteiger partial charge in [-0.25, -0.2) is 0 Å². The summed E-state index contributed by atoms with van der Waals surface area (Å²) in [5.41, 5.74) is 4.11. The van der Waals surface area contributed by atoms with Crippen molar-refractivity contribution in [3.8, 4) is 5.75 Å². The van der Waals surface area contributed by atoms with Gasteiger partial charge in [-0.15, -0.1) is 0 Å². The van der Waals surface area contributed by atoms with Crippen LogP contribution < -0.4 is 5.32 Å². The van der Waals surface area contributed by atoms with Crippen LogP contribution >= 0.6 is 31.9 Å². The zero-order valence-electron chi connectivity index (χ0n) is 14.4. The molecule has 0 saturated heterocycles. The average molecular weight is 486 g/mol. The molecule has 1 aliphatic rings. The maximum Gasteiger partial charge on any atom is 0.126 e. The monoisotopic (exact) mass is 484 g/mol. The Hall–Kier alpha value is -1.95. The molecule has 2 atom stereocenters. The van der Waals surface area contributed by atoms with Crippen LogP contribution in [0.4, 0.5) is 0 Å². The fraction of sp³-hybridized carbons (Fsp3) is 0.136. The van der Waals surface area contributed by atoms with Crippen LogP contribution in [0.5, 0.6) is 5.75 Å². The molecule has 0 saturated carbocycles. The van der Waals surface area contributed by atoms with Crippen molar-refractivity contribution in [1.29, 1.82) is 0 Å². The zero-order valence-corrected chi connectivity index (χ0v) is 17.6. The minimum Gasteiger partial charge on any atom is -0.508 e. The smallest absolute Gasteiger partial charge is 0.126 e. The molecular weight excluding hydrogens is 468 g/mol. The molecule has 1 aliphatic heterocycles. The molecule has 3 aromatic rings. The van der Waals surface area contributed by atoms with Gasteiger partial charge < -0.3 is 5.11 Å². The molecule has 0 aliphatic carbocycles. The molecule has 0 amide bonds. The number of phenols is 1. The molecule has 0 radical (unpaired) electrons. The highest BCUT2D eigenvalue weighted by atomic mass is 79.9. The van der Waals surface area contributed by atoms with E-state index in [0.717, 1.165) is 31.3 Å². The minimum absolute atomic E-state index is 0.0176. The van der Waals surface area contributed by atoms with Crippen molar-refractivity contribution < 1.29 is 5.11 Å². The van der Waals surface area contributed by atoms with Gasteiger partial charge in [0.25, 0.3) is 0 Å². The van der Waals surface area contributed by atoms with Crippen LogP contribution in [0.1, 0.15) is 35.3 Å². The van der Waals surface area contributed by atoms with E-state index in [0.29, 0.717) is 12.2 Å². The summed E-state index contributed by atoms with van der Waals surface area (Å²) in [4.78, 5) is 4.98. The highest BCUT2D eigenvalue weighted by molar-refractivity contribution is 9.10. The van der Waals surface area contributed by atoms with Gasteiger partial charge in [0.15, 0.2) is 0 Å². The van der Waals surface area contributed by atoms with E-state index in [9.17, 15) is 5.11 Å². The van der Waals surface area contributed by atoms with E-state index in [1.54, 1.807) is 6.07 Å². The molecule has 136 valence electrons. The molecule has 4 rings (SSSR count). The third-order valence-corrected chi connectivity index (χ3v) is 5.77. The fourth-order valence-electron chi connectivity index (χ4n) is 3.32. The van der Waals surface area contributed by atoms with Crippen LogP contribution in [-0.2, 0) is 0 Å². The summed E-state index contributed by atoms with van der Waals surface area (Å²) in [6.07, 6.45) is 0.543. The van der Waals surface area contributed by atoms with E-state index in [4.69, 9.17) is 4.99 Å². The number of rotatable bonds is 3. The molecule has 5 heteroatoms. The maximum atomic E-state index is 10.4. The lowest BCUT2D eigenvalue weighted by Crippen LogP contribution is -2.33. The predicted octanol–water partition coefficient (Wildman–Crippen LogP) is 6.14. The summed E-state index contributed by atoms with van der Waals surface area (Å²) in [6.45, 7) is 0. The highest BCUT2D eigenvalue weighted by Crippen LogP contribution is 2.34. The molecule has 1 heterocycles. The van der Waals surface area contributed by atoms with Gasteiger partial charge in [0.2, 0.25) is 0 Å². The molecule has 0 unspecified atom stereocenters. The third kappa shape index (κ3) is 4.15. The van der Waals surface area contributed by atoms with Gasteiger partial charge >= 0.3 is 0 Å². The maximum absolute atomic E-state index is 10.4. The number of nitrogens with one attached hydrogen (secondary N) is 1. The van der Waals surface area contributed by atoms with E-state index in [1.165, 1.54) is 0 Å². The van der Waals surface area contributed by atoms with E-state index >= 15 is 0 Å². The highest BCUT2D eigenvalue weighted by Gasteiger charge is 2.27. The summed E-state index contributed by atoms with van der Waals surface area (Å²) in [5.74, 6) is 0.307. The van der Waals surface area contributed by atoms with Gasteiger partial charge in [0.05, 0.1) is 0 Å². The van der Waals surface area contributed by atoms with Crippen molar-refractivity contribution in [2.45, 2.75) is 18.6 Å². The second-order valence-electron chi connectivity index (χ2n) is 6.52. The first-order valence-electron chi connectivity index (χ1n) is 8.72. The first-order chi connectivity index (χ1) is 13.1. The SMILES string of the molecule is Oc1ccccc1[C@H]1CC(c2ccc(Br)cc2)=N[C@H](c2ccc(Br)cc2)N1. The number of para-hydroxylation sites is 1. The number of phenolic OH excluding ortho intramolecular Hbond substituents is 1. The predicted molar refractivity (Wildman–Crippen MR) is 116 cm³/mol. The lowest BCUT2D eigenvalue weighted by molar-refractivity contribution is 0.412. The summed E-state index contributed by atoms with van der Waals surface area (Å²) in [5, 5.41) is 13.9. The van der Waals surface area contributed by atoms with Crippen LogP contribution in [0.15, 0.2) is 86.7 Å². The normalized spacial score (nSPS) is 19.6. The second-order valence-corrected chi connectivity index (χ2v) is 8.35. The lowest BCUT2D eigenvalue weighted by atomic mass is 9.93. The Kier molecular flexibility index (Phi) is 5.43. The summed E-state index contributed by atoms with van der Waals surface area (Å²) < 4.78 is 2.08. The van der Waals surface area contributed by atoms with Crippen LogP contribution in [0, 0.1) is 0 Å². The van der Waals surface area contributed by atoms with E-state index in [-0.39, 0.29) is 12.2 Å². The number of aliphatic imine (C=N–C) groups is 1. The Labute approximate surface area is 175 Å². The number of halogens is 2. The molecule has 3 nitrogen and oxygen atoms in total. The van der Waals surface area contributed by atoms with Crippen LogP contribution in [0.2, 0.25) is 0 Å². The Morgan fingerprint density at radius 2 is 1.48 bits per heavy atom. The van der Waals surface area contributed by atoms with Crippen molar-refractivity contribution >= 4 is 37.6 Å². The van der Waals surface area contributed by atoms with Gasteiger partial charge in [-0.2, -0.15) is 0 Å². The number of aromatic hydroxyl groups is 1. The molecule has 3 aromatic carbocycles. The van der Waals surface area contributed by atoms with Crippen LogP contribution in [0.3, 0.4) is 0 Å². The topological polar surface area (TPSA) is 44.6 Å². The van der Waals surface area contributed by atoms with Crippen molar-refractivity contribution in [2.75, 3.05) is 0 Å². The average Bonchev–Trinajstić information content (AvgIpc) is 2.69. The molecule has 2 N–H and O–H groups in total. The molecule has 27 heavy (non-hydrogen) atoms. The van der Waals surface area contributed by atoms with Gasteiger partial charge in [-0.05, 0) is 41.5 Å². The van der Waals surface area contributed by atoms with E-state index in [2.05, 4.69) is 61.4 Å². The first-order valence-corrected chi connectivity index (χ1v) is 10.3. The van der Waals surface area contributed by atoms with Crippen molar-refractivity contribution in [1.82, 2.24) is 5.32 Å². The summed E-state index contributed by atoms with van der Waals surface area (Å²) in [7, 11) is 0. The van der Waals surface area contributed by atoms with Gasteiger partial charge in [0.1, 0.15) is 11.9 Å².